The van der Waals surface area contributed by atoms with E-state index in [-0.39, 0.29) is 17.9 Å². The fraction of sp³-hybridized carbons (Fsp3) is 0.438. The second-order valence-electron chi connectivity index (χ2n) is 5.66. The van der Waals surface area contributed by atoms with Crippen LogP contribution in [0.4, 0.5) is 0 Å². The average molecular weight is 381 g/mol. The molecule has 0 fully saturated rings. The third-order valence-corrected chi connectivity index (χ3v) is 3.96. The summed E-state index contributed by atoms with van der Waals surface area (Å²) in [5, 5.41) is 3.41. The molecule has 2 aromatic rings. The lowest BCUT2D eigenvalue weighted by Crippen LogP contribution is -2.29. The molecule has 1 aromatic heterocycles. The number of aromatic nitrogens is 2. The molecule has 0 unspecified atom stereocenters. The predicted molar refractivity (Wildman–Crippen MR) is 94.5 cm³/mol. The number of carbonyl (C=O) groups excluding carboxylic acids is 1. The van der Waals surface area contributed by atoms with Crippen molar-refractivity contribution in [1.82, 2.24) is 19.8 Å². The topological polar surface area (TPSA) is 67.2 Å². The number of aryl methyl sites for hydroxylation is 1. The summed E-state index contributed by atoms with van der Waals surface area (Å²) < 4.78 is 2.31. The van der Waals surface area contributed by atoms with E-state index in [1.54, 1.807) is 12.1 Å². The molecule has 23 heavy (non-hydrogen) atoms. The van der Waals surface area contributed by atoms with Gasteiger partial charge in [-0.05, 0) is 45.3 Å². The van der Waals surface area contributed by atoms with Crippen LogP contribution >= 0.6 is 15.9 Å². The van der Waals surface area contributed by atoms with Gasteiger partial charge in [0, 0.05) is 24.0 Å². The summed E-state index contributed by atoms with van der Waals surface area (Å²) in [6.07, 6.45) is 2.67. The van der Waals surface area contributed by atoms with Crippen LogP contribution in [0.5, 0.6) is 0 Å². The van der Waals surface area contributed by atoms with Crippen LogP contribution in [-0.2, 0) is 11.3 Å². The van der Waals surface area contributed by atoms with Gasteiger partial charge in [0.25, 0.3) is 5.56 Å². The maximum Gasteiger partial charge on any atom is 0.261 e. The molecule has 1 heterocycles. The molecule has 1 amide bonds. The van der Waals surface area contributed by atoms with Gasteiger partial charge >= 0.3 is 0 Å². The van der Waals surface area contributed by atoms with Crippen LogP contribution in [0.1, 0.15) is 12.8 Å². The quantitative estimate of drug-likeness (QED) is 0.741. The van der Waals surface area contributed by atoms with Crippen LogP contribution in [0, 0.1) is 0 Å². The standard InChI is InChI=1S/C16H21BrN4O2/c1-20(2)8-3-7-18-15(22)6-9-21-11-19-14-5-4-12(17)10-13(14)16(21)23/h4-5,10-11H,3,6-9H2,1-2H3,(H,18,22). The number of nitrogens with zero attached hydrogens (tertiary/aromatic N) is 3. The average Bonchev–Trinajstić information content (AvgIpc) is 2.51. The van der Waals surface area contributed by atoms with E-state index in [1.807, 2.05) is 20.2 Å². The Morgan fingerprint density at radius 2 is 2.17 bits per heavy atom. The first-order chi connectivity index (χ1) is 11.0. The largest absolute Gasteiger partial charge is 0.356 e. The zero-order chi connectivity index (χ0) is 16.8. The molecule has 6 nitrogen and oxygen atoms in total. The van der Waals surface area contributed by atoms with Gasteiger partial charge in [0.2, 0.25) is 5.91 Å². The van der Waals surface area contributed by atoms with Crippen molar-refractivity contribution < 1.29 is 4.79 Å². The molecule has 0 saturated heterocycles. The van der Waals surface area contributed by atoms with Crippen molar-refractivity contribution in [3.8, 4) is 0 Å². The van der Waals surface area contributed by atoms with Crippen molar-refractivity contribution in [3.63, 3.8) is 0 Å². The molecule has 0 aliphatic heterocycles. The molecule has 0 radical (unpaired) electrons. The Balaban J connectivity index is 1.93. The molecule has 2 rings (SSSR count). The Bertz CT molecular complexity index is 742. The minimum Gasteiger partial charge on any atom is -0.356 e. The molecule has 0 aliphatic rings. The van der Waals surface area contributed by atoms with E-state index in [4.69, 9.17) is 0 Å². The number of carbonyl (C=O) groups is 1. The number of nitrogens with one attached hydrogen (secondary N) is 1. The zero-order valence-corrected chi connectivity index (χ0v) is 15.0. The molecule has 0 spiro atoms. The summed E-state index contributed by atoms with van der Waals surface area (Å²) in [6.45, 7) is 1.91. The van der Waals surface area contributed by atoms with Crippen molar-refractivity contribution in [2.75, 3.05) is 27.2 Å². The first-order valence-electron chi connectivity index (χ1n) is 7.53. The number of hydrogen-bond donors (Lipinski definition) is 1. The van der Waals surface area contributed by atoms with E-state index in [9.17, 15) is 9.59 Å². The molecule has 124 valence electrons. The SMILES string of the molecule is CN(C)CCCNC(=O)CCn1cnc2ccc(Br)cc2c1=O. The Morgan fingerprint density at radius 1 is 1.39 bits per heavy atom. The molecular weight excluding hydrogens is 360 g/mol. The lowest BCUT2D eigenvalue weighted by Gasteiger charge is -2.10. The maximum absolute atomic E-state index is 12.4. The lowest BCUT2D eigenvalue weighted by molar-refractivity contribution is -0.121. The van der Waals surface area contributed by atoms with Crippen molar-refractivity contribution in [2.45, 2.75) is 19.4 Å². The lowest BCUT2D eigenvalue weighted by atomic mass is 10.2. The maximum atomic E-state index is 12.4. The van der Waals surface area contributed by atoms with Crippen molar-refractivity contribution in [2.24, 2.45) is 0 Å². The van der Waals surface area contributed by atoms with Gasteiger partial charge in [-0.2, -0.15) is 0 Å². The van der Waals surface area contributed by atoms with Crippen LogP contribution in [0.15, 0.2) is 33.8 Å². The van der Waals surface area contributed by atoms with Gasteiger partial charge in [-0.25, -0.2) is 4.98 Å². The Kier molecular flexibility index (Phi) is 6.29. The number of benzene rings is 1. The van der Waals surface area contributed by atoms with Crippen molar-refractivity contribution >= 4 is 32.7 Å². The monoisotopic (exact) mass is 380 g/mol. The molecule has 1 N–H and O–H groups in total. The van der Waals surface area contributed by atoms with Gasteiger partial charge in [-0.1, -0.05) is 15.9 Å². The van der Waals surface area contributed by atoms with Gasteiger partial charge in [-0.3, -0.25) is 14.2 Å². The van der Waals surface area contributed by atoms with E-state index < -0.39 is 0 Å². The minimum atomic E-state index is -0.128. The Morgan fingerprint density at radius 3 is 2.91 bits per heavy atom. The smallest absolute Gasteiger partial charge is 0.261 e. The second kappa shape index (κ2) is 8.21. The first kappa shape index (κ1) is 17.6. The Labute approximate surface area is 143 Å². The zero-order valence-electron chi connectivity index (χ0n) is 13.4. The van der Waals surface area contributed by atoms with E-state index in [1.165, 1.54) is 10.9 Å². The van der Waals surface area contributed by atoms with Crippen molar-refractivity contribution in [1.29, 1.82) is 0 Å². The van der Waals surface area contributed by atoms with Crippen LogP contribution in [-0.4, -0.2) is 47.5 Å². The van der Waals surface area contributed by atoms with E-state index in [0.717, 1.165) is 17.4 Å². The summed E-state index contributed by atoms with van der Waals surface area (Å²) in [4.78, 5) is 30.6. The number of rotatable bonds is 7. The fourth-order valence-corrected chi connectivity index (χ4v) is 2.59. The van der Waals surface area contributed by atoms with E-state index in [2.05, 4.69) is 31.1 Å². The highest BCUT2D eigenvalue weighted by Crippen LogP contribution is 2.14. The van der Waals surface area contributed by atoms with Gasteiger partial charge in [0.05, 0.1) is 17.2 Å². The summed E-state index contributed by atoms with van der Waals surface area (Å²) in [7, 11) is 4.00. The van der Waals surface area contributed by atoms with Gasteiger partial charge in [0.1, 0.15) is 0 Å². The molecule has 0 saturated carbocycles. The number of hydrogen-bond acceptors (Lipinski definition) is 4. The molecular formula is C16H21BrN4O2. The molecule has 7 heteroatoms. The fourth-order valence-electron chi connectivity index (χ4n) is 2.22. The van der Waals surface area contributed by atoms with Crippen LogP contribution in [0.25, 0.3) is 10.9 Å². The van der Waals surface area contributed by atoms with E-state index in [0.29, 0.717) is 24.0 Å². The molecule has 0 atom stereocenters. The summed E-state index contributed by atoms with van der Waals surface area (Å²) >= 11 is 3.36. The molecule has 1 aromatic carbocycles. The van der Waals surface area contributed by atoms with Gasteiger partial charge in [-0.15, -0.1) is 0 Å². The van der Waals surface area contributed by atoms with Crippen molar-refractivity contribution in [3.05, 3.63) is 39.4 Å². The van der Waals surface area contributed by atoms with Gasteiger partial charge < -0.3 is 10.2 Å². The normalized spacial score (nSPS) is 11.1. The third kappa shape index (κ3) is 5.14. The van der Waals surface area contributed by atoms with E-state index >= 15 is 0 Å². The van der Waals surface area contributed by atoms with Crippen LogP contribution in [0.2, 0.25) is 0 Å². The summed E-state index contributed by atoms with van der Waals surface area (Å²) in [6, 6.07) is 5.39. The minimum absolute atomic E-state index is 0.0509. The highest BCUT2D eigenvalue weighted by Gasteiger charge is 2.07. The first-order valence-corrected chi connectivity index (χ1v) is 8.33. The highest BCUT2D eigenvalue weighted by molar-refractivity contribution is 9.10. The molecule has 0 bridgehead atoms. The van der Waals surface area contributed by atoms with Crippen LogP contribution in [0.3, 0.4) is 0 Å². The number of fused-ring (bicyclic) bond motifs is 1. The predicted octanol–water partition coefficient (Wildman–Crippen LogP) is 1.62. The highest BCUT2D eigenvalue weighted by atomic mass is 79.9. The number of amides is 1. The summed E-state index contributed by atoms with van der Waals surface area (Å²) in [5.74, 6) is -0.0509. The number of halogens is 1. The third-order valence-electron chi connectivity index (χ3n) is 3.47. The second-order valence-corrected chi connectivity index (χ2v) is 6.58. The summed E-state index contributed by atoms with van der Waals surface area (Å²) in [5.41, 5.74) is 0.527. The van der Waals surface area contributed by atoms with Crippen LogP contribution < -0.4 is 10.9 Å². The van der Waals surface area contributed by atoms with Gasteiger partial charge in [0.15, 0.2) is 0 Å². The Hall–Kier alpha value is -1.73. The molecule has 0 aliphatic carbocycles.